The zero-order chi connectivity index (χ0) is 22.2. The van der Waals surface area contributed by atoms with Crippen LogP contribution in [-0.2, 0) is 9.59 Å². The zero-order valence-corrected chi connectivity index (χ0v) is 16.2. The topological polar surface area (TPSA) is 119 Å². The highest BCUT2D eigenvalue weighted by Gasteiger charge is 2.40. The SMILES string of the molecule is O=C(O)C(F)(F)F.O=C1NC(NC2CC3CCC2C3)=N/C1=C\c1c[nH]c2ncccc12. The summed E-state index contributed by atoms with van der Waals surface area (Å²) in [5, 5.41) is 14.4. The number of carboxylic acids is 1. The molecule has 4 N–H and O–H groups in total. The summed E-state index contributed by atoms with van der Waals surface area (Å²) in [5.74, 6) is -0.713. The van der Waals surface area contributed by atoms with Crippen molar-refractivity contribution in [3.05, 3.63) is 35.8 Å². The molecule has 2 aromatic heterocycles. The number of halogens is 3. The molecule has 3 heterocycles. The van der Waals surface area contributed by atoms with Gasteiger partial charge in [0.25, 0.3) is 5.91 Å². The van der Waals surface area contributed by atoms with Crippen molar-refractivity contribution in [2.45, 2.75) is 37.9 Å². The van der Waals surface area contributed by atoms with Crippen molar-refractivity contribution in [2.75, 3.05) is 0 Å². The van der Waals surface area contributed by atoms with Crippen molar-refractivity contribution in [1.82, 2.24) is 20.6 Å². The van der Waals surface area contributed by atoms with E-state index >= 15 is 0 Å². The van der Waals surface area contributed by atoms with Crippen LogP contribution in [0.5, 0.6) is 0 Å². The maximum atomic E-state index is 12.2. The highest BCUT2D eigenvalue weighted by Crippen LogP contribution is 2.44. The maximum Gasteiger partial charge on any atom is 0.490 e. The van der Waals surface area contributed by atoms with E-state index in [9.17, 15) is 18.0 Å². The Morgan fingerprint density at radius 3 is 2.71 bits per heavy atom. The number of pyridine rings is 1. The molecule has 2 aromatic rings. The highest BCUT2D eigenvalue weighted by atomic mass is 19.4. The van der Waals surface area contributed by atoms with E-state index in [0.29, 0.717) is 17.7 Å². The van der Waals surface area contributed by atoms with Crippen molar-refractivity contribution in [3.63, 3.8) is 0 Å². The van der Waals surface area contributed by atoms with Gasteiger partial charge in [-0.25, -0.2) is 14.8 Å². The summed E-state index contributed by atoms with van der Waals surface area (Å²) in [6.45, 7) is 0. The number of rotatable bonds is 2. The van der Waals surface area contributed by atoms with Crippen molar-refractivity contribution >= 4 is 34.9 Å². The van der Waals surface area contributed by atoms with E-state index in [1.807, 2.05) is 24.4 Å². The molecule has 3 unspecified atom stereocenters. The first-order valence-corrected chi connectivity index (χ1v) is 9.81. The molecule has 0 saturated heterocycles. The fourth-order valence-corrected chi connectivity index (χ4v) is 4.38. The number of nitrogens with zero attached hydrogens (tertiary/aromatic N) is 2. The normalized spacial score (nSPS) is 25.9. The minimum atomic E-state index is -5.08. The first-order valence-electron chi connectivity index (χ1n) is 9.81. The lowest BCUT2D eigenvalue weighted by Gasteiger charge is -2.23. The molecule has 0 radical (unpaired) electrons. The van der Waals surface area contributed by atoms with Gasteiger partial charge in [-0.3, -0.25) is 10.1 Å². The number of hydrogen-bond donors (Lipinski definition) is 4. The number of aliphatic imine (C=N–C) groups is 1. The van der Waals surface area contributed by atoms with Gasteiger partial charge < -0.3 is 15.4 Å². The number of aliphatic carboxylic acids is 1. The molecule has 2 bridgehead atoms. The molecule has 8 nitrogen and oxygen atoms in total. The minimum absolute atomic E-state index is 0.154. The van der Waals surface area contributed by atoms with Crippen LogP contribution in [0.25, 0.3) is 17.1 Å². The summed E-state index contributed by atoms with van der Waals surface area (Å²) in [6, 6.07) is 4.33. The number of alkyl halides is 3. The lowest BCUT2D eigenvalue weighted by molar-refractivity contribution is -0.192. The quantitative estimate of drug-likeness (QED) is 0.541. The van der Waals surface area contributed by atoms with Crippen LogP contribution in [0.2, 0.25) is 0 Å². The Morgan fingerprint density at radius 1 is 1.29 bits per heavy atom. The Labute approximate surface area is 174 Å². The molecule has 3 atom stereocenters. The Hall–Kier alpha value is -3.37. The fraction of sp³-hybridized carbons (Fsp3) is 0.400. The van der Waals surface area contributed by atoms with Gasteiger partial charge in [0.1, 0.15) is 11.3 Å². The van der Waals surface area contributed by atoms with E-state index in [1.54, 1.807) is 6.20 Å². The maximum absolute atomic E-state index is 12.2. The van der Waals surface area contributed by atoms with Crippen molar-refractivity contribution in [1.29, 1.82) is 0 Å². The number of carbonyl (C=O) groups is 2. The van der Waals surface area contributed by atoms with E-state index in [0.717, 1.165) is 28.4 Å². The second-order valence-electron chi connectivity index (χ2n) is 7.82. The third kappa shape index (κ3) is 4.54. The van der Waals surface area contributed by atoms with Crippen LogP contribution in [0.1, 0.15) is 31.2 Å². The van der Waals surface area contributed by atoms with E-state index < -0.39 is 12.1 Å². The molecule has 2 fully saturated rings. The number of amides is 1. The average molecular weight is 435 g/mol. The van der Waals surface area contributed by atoms with Gasteiger partial charge in [0.05, 0.1) is 0 Å². The summed E-state index contributed by atoms with van der Waals surface area (Å²) < 4.78 is 31.7. The van der Waals surface area contributed by atoms with Gasteiger partial charge in [0.15, 0.2) is 0 Å². The molecule has 1 aliphatic heterocycles. The van der Waals surface area contributed by atoms with Gasteiger partial charge >= 0.3 is 12.1 Å². The van der Waals surface area contributed by atoms with E-state index in [2.05, 4.69) is 25.6 Å². The number of H-pyrrole nitrogens is 1. The number of aromatic nitrogens is 2. The van der Waals surface area contributed by atoms with Gasteiger partial charge in [0, 0.05) is 29.4 Å². The molecule has 5 rings (SSSR count). The molecule has 31 heavy (non-hydrogen) atoms. The van der Waals surface area contributed by atoms with Gasteiger partial charge in [-0.05, 0) is 49.3 Å². The standard InChI is InChI=1S/C18H19N5O.C2HF3O2/c24-17-15(8-12-9-20-16-13(12)2-1-5-19-16)22-18(23-17)21-14-7-10-3-4-11(14)6-10;3-2(4,5)1(6)7/h1-2,5,8-11,14H,3-4,6-7H2,(H,19,20)(H2,21,22,23,24);(H,6,7)/b15-8-;. The van der Waals surface area contributed by atoms with Gasteiger partial charge in [-0.1, -0.05) is 6.42 Å². The van der Waals surface area contributed by atoms with Crippen LogP contribution in [-0.4, -0.2) is 45.1 Å². The van der Waals surface area contributed by atoms with Crippen LogP contribution in [0, 0.1) is 11.8 Å². The van der Waals surface area contributed by atoms with Crippen LogP contribution in [0.15, 0.2) is 35.2 Å². The van der Waals surface area contributed by atoms with Gasteiger partial charge in [-0.2, -0.15) is 13.2 Å². The molecular weight excluding hydrogens is 415 g/mol. The summed E-state index contributed by atoms with van der Waals surface area (Å²) in [7, 11) is 0. The lowest BCUT2D eigenvalue weighted by Crippen LogP contribution is -2.44. The van der Waals surface area contributed by atoms with E-state index in [4.69, 9.17) is 9.90 Å². The van der Waals surface area contributed by atoms with E-state index in [-0.39, 0.29) is 5.91 Å². The number of carbonyl (C=O) groups excluding carboxylic acids is 1. The molecule has 2 aliphatic carbocycles. The number of guanidine groups is 1. The smallest absolute Gasteiger partial charge is 0.475 e. The summed E-state index contributed by atoms with van der Waals surface area (Å²) in [5.41, 5.74) is 2.17. The van der Waals surface area contributed by atoms with Crippen LogP contribution >= 0.6 is 0 Å². The van der Waals surface area contributed by atoms with Crippen LogP contribution in [0.4, 0.5) is 13.2 Å². The van der Waals surface area contributed by atoms with Crippen molar-refractivity contribution in [2.24, 2.45) is 16.8 Å². The fourth-order valence-electron chi connectivity index (χ4n) is 4.38. The van der Waals surface area contributed by atoms with E-state index in [1.165, 1.54) is 25.7 Å². The average Bonchev–Trinajstić information content (AvgIpc) is 3.48. The molecule has 0 spiro atoms. The Morgan fingerprint density at radius 2 is 2.06 bits per heavy atom. The van der Waals surface area contributed by atoms with Gasteiger partial charge in [0.2, 0.25) is 5.96 Å². The molecule has 164 valence electrons. The second-order valence-corrected chi connectivity index (χ2v) is 7.82. The largest absolute Gasteiger partial charge is 0.490 e. The van der Waals surface area contributed by atoms with Crippen LogP contribution < -0.4 is 10.6 Å². The number of carboxylic acid groups (broad SMARTS) is 1. The zero-order valence-electron chi connectivity index (χ0n) is 16.2. The molecule has 3 aliphatic rings. The van der Waals surface area contributed by atoms with Crippen LogP contribution in [0.3, 0.4) is 0 Å². The monoisotopic (exact) mass is 435 g/mol. The summed E-state index contributed by atoms with van der Waals surface area (Å²) in [6.07, 6.45) is 5.51. The second kappa shape index (κ2) is 8.05. The number of aromatic amines is 1. The first-order chi connectivity index (χ1) is 14.7. The molecule has 0 aromatic carbocycles. The number of nitrogens with one attached hydrogen (secondary N) is 3. The molecule has 11 heteroatoms. The lowest BCUT2D eigenvalue weighted by atomic mass is 9.95. The number of fused-ring (bicyclic) bond motifs is 3. The Balaban J connectivity index is 0.000000289. The Kier molecular flexibility index (Phi) is 5.42. The minimum Gasteiger partial charge on any atom is -0.475 e. The Bertz CT molecular complexity index is 1080. The molecule has 2 saturated carbocycles. The summed E-state index contributed by atoms with van der Waals surface area (Å²) in [4.78, 5) is 33.0. The third-order valence-electron chi connectivity index (χ3n) is 5.77. The predicted molar refractivity (Wildman–Crippen MR) is 106 cm³/mol. The first kappa shape index (κ1) is 20.9. The molecule has 1 amide bonds. The number of hydrogen-bond acceptors (Lipinski definition) is 5. The molecular formula is C20H20F3N5O3. The third-order valence-corrected chi connectivity index (χ3v) is 5.77. The summed E-state index contributed by atoms with van der Waals surface area (Å²) >= 11 is 0. The predicted octanol–water partition coefficient (Wildman–Crippen LogP) is 2.80. The van der Waals surface area contributed by atoms with Gasteiger partial charge in [-0.15, -0.1) is 0 Å². The highest BCUT2D eigenvalue weighted by molar-refractivity contribution is 6.14. The van der Waals surface area contributed by atoms with Crippen molar-refractivity contribution < 1.29 is 27.9 Å². The van der Waals surface area contributed by atoms with Crippen molar-refractivity contribution in [3.8, 4) is 0 Å².